The summed E-state index contributed by atoms with van der Waals surface area (Å²) in [7, 11) is 0. The molecular weight excluding hydrogens is 423 g/mol. The fourth-order valence-electron chi connectivity index (χ4n) is 1.77. The van der Waals surface area contributed by atoms with Gasteiger partial charge in [0.1, 0.15) is 5.75 Å². The van der Waals surface area contributed by atoms with Crippen molar-refractivity contribution in [2.75, 3.05) is 0 Å². The molecule has 0 bridgehead atoms. The lowest BCUT2D eigenvalue weighted by Crippen LogP contribution is -1.82. The van der Waals surface area contributed by atoms with Crippen molar-refractivity contribution in [2.24, 2.45) is 0 Å². The second-order valence-electron chi connectivity index (χ2n) is 4.21. The molecular formula is C14H7Br2ClN2O2. The zero-order valence-electron chi connectivity index (χ0n) is 10.3. The Kier molecular flexibility index (Phi) is 4.01. The van der Waals surface area contributed by atoms with Gasteiger partial charge in [0, 0.05) is 14.5 Å². The van der Waals surface area contributed by atoms with Crippen molar-refractivity contribution in [1.82, 2.24) is 10.1 Å². The van der Waals surface area contributed by atoms with Crippen LogP contribution in [0.2, 0.25) is 5.02 Å². The number of aromatic hydroxyl groups is 1. The summed E-state index contributed by atoms with van der Waals surface area (Å²) in [5.74, 6) is 0.739. The second kappa shape index (κ2) is 5.79. The van der Waals surface area contributed by atoms with Crippen molar-refractivity contribution in [3.63, 3.8) is 0 Å². The molecule has 0 amide bonds. The predicted octanol–water partition coefficient (Wildman–Crippen LogP) is 5.29. The summed E-state index contributed by atoms with van der Waals surface area (Å²) in [6.07, 6.45) is 0. The van der Waals surface area contributed by atoms with Gasteiger partial charge in [0.2, 0.25) is 5.82 Å². The lowest BCUT2D eigenvalue weighted by atomic mass is 10.2. The van der Waals surface area contributed by atoms with E-state index < -0.39 is 0 Å². The van der Waals surface area contributed by atoms with Crippen LogP contribution in [0, 0.1) is 0 Å². The number of benzene rings is 2. The molecule has 0 aliphatic heterocycles. The molecule has 0 spiro atoms. The first-order valence-corrected chi connectivity index (χ1v) is 7.79. The molecule has 1 aromatic heterocycles. The topological polar surface area (TPSA) is 59.2 Å². The van der Waals surface area contributed by atoms with Gasteiger partial charge in [0.05, 0.1) is 10.6 Å². The van der Waals surface area contributed by atoms with Crippen molar-refractivity contribution in [1.29, 1.82) is 0 Å². The third kappa shape index (κ3) is 2.97. The van der Waals surface area contributed by atoms with Crippen molar-refractivity contribution < 1.29 is 9.63 Å². The quantitative estimate of drug-likeness (QED) is 0.600. The third-order valence-corrected chi connectivity index (χ3v) is 4.50. The Hall–Kier alpha value is -1.37. The van der Waals surface area contributed by atoms with Gasteiger partial charge in [-0.2, -0.15) is 4.98 Å². The van der Waals surface area contributed by atoms with Crippen LogP contribution < -0.4 is 0 Å². The number of rotatable bonds is 2. The Bertz CT molecular complexity index is 820. The number of phenolic OH excluding ortho intramolecular Hbond substituents is 1. The molecule has 3 aromatic rings. The van der Waals surface area contributed by atoms with E-state index in [0.717, 1.165) is 14.5 Å². The van der Waals surface area contributed by atoms with Crippen LogP contribution in [-0.4, -0.2) is 15.2 Å². The van der Waals surface area contributed by atoms with Gasteiger partial charge in [-0.1, -0.05) is 32.7 Å². The molecule has 0 unspecified atom stereocenters. The Balaban J connectivity index is 2.01. The van der Waals surface area contributed by atoms with Crippen LogP contribution >= 0.6 is 43.5 Å². The molecule has 0 aliphatic carbocycles. The molecule has 0 radical (unpaired) electrons. The standard InChI is InChI=1S/C14H7Br2ClN2O2/c15-8-2-3-9(12(20)6-8)14-18-13(19-21-14)7-1-4-11(17)10(16)5-7/h1-6,20H. The average Bonchev–Trinajstić information content (AvgIpc) is 2.91. The fraction of sp³-hybridized carbons (Fsp3) is 0. The Morgan fingerprint density at radius 1 is 1.10 bits per heavy atom. The first kappa shape index (κ1) is 14.6. The van der Waals surface area contributed by atoms with E-state index in [1.165, 1.54) is 0 Å². The SMILES string of the molecule is Oc1cc(Br)ccc1-c1nc(-c2ccc(Cl)c(Br)c2)no1. The summed E-state index contributed by atoms with van der Waals surface area (Å²) in [6.45, 7) is 0. The summed E-state index contributed by atoms with van der Waals surface area (Å²) in [4.78, 5) is 4.30. The Morgan fingerprint density at radius 2 is 1.90 bits per heavy atom. The lowest BCUT2D eigenvalue weighted by Gasteiger charge is -1.99. The van der Waals surface area contributed by atoms with Crippen LogP contribution in [0.5, 0.6) is 5.75 Å². The molecule has 1 heterocycles. The van der Waals surface area contributed by atoms with Crippen molar-refractivity contribution in [3.8, 4) is 28.6 Å². The molecule has 4 nitrogen and oxygen atoms in total. The highest BCUT2D eigenvalue weighted by Crippen LogP contribution is 2.33. The van der Waals surface area contributed by atoms with Gasteiger partial charge in [-0.25, -0.2) is 0 Å². The van der Waals surface area contributed by atoms with E-state index in [-0.39, 0.29) is 11.6 Å². The number of nitrogens with zero attached hydrogens (tertiary/aromatic N) is 2. The predicted molar refractivity (Wildman–Crippen MR) is 87.2 cm³/mol. The summed E-state index contributed by atoms with van der Waals surface area (Å²) >= 11 is 12.6. The highest BCUT2D eigenvalue weighted by atomic mass is 79.9. The zero-order chi connectivity index (χ0) is 15.0. The summed E-state index contributed by atoms with van der Waals surface area (Å²) < 4.78 is 6.73. The summed E-state index contributed by atoms with van der Waals surface area (Å²) in [6, 6.07) is 10.4. The minimum atomic E-state index is 0.0665. The minimum absolute atomic E-state index is 0.0665. The normalized spacial score (nSPS) is 10.8. The number of phenols is 1. The van der Waals surface area contributed by atoms with E-state index in [1.54, 1.807) is 36.4 Å². The number of aromatic nitrogens is 2. The highest BCUT2D eigenvalue weighted by Gasteiger charge is 2.14. The molecule has 21 heavy (non-hydrogen) atoms. The maximum absolute atomic E-state index is 9.92. The first-order chi connectivity index (χ1) is 10.0. The lowest BCUT2D eigenvalue weighted by molar-refractivity contribution is 0.425. The fourth-order valence-corrected chi connectivity index (χ4v) is 2.62. The van der Waals surface area contributed by atoms with Crippen LogP contribution in [-0.2, 0) is 0 Å². The number of hydrogen-bond donors (Lipinski definition) is 1. The van der Waals surface area contributed by atoms with Gasteiger partial charge < -0.3 is 9.63 Å². The van der Waals surface area contributed by atoms with E-state index in [9.17, 15) is 5.11 Å². The number of hydrogen-bond acceptors (Lipinski definition) is 4. The van der Waals surface area contributed by atoms with Gasteiger partial charge in [0.25, 0.3) is 5.89 Å². The monoisotopic (exact) mass is 428 g/mol. The van der Waals surface area contributed by atoms with Gasteiger partial charge in [0.15, 0.2) is 0 Å². The molecule has 0 saturated carbocycles. The second-order valence-corrected chi connectivity index (χ2v) is 6.39. The van der Waals surface area contributed by atoms with E-state index in [1.807, 2.05) is 0 Å². The molecule has 3 rings (SSSR count). The van der Waals surface area contributed by atoms with E-state index in [0.29, 0.717) is 16.4 Å². The minimum Gasteiger partial charge on any atom is -0.507 e. The van der Waals surface area contributed by atoms with Gasteiger partial charge >= 0.3 is 0 Å². The maximum Gasteiger partial charge on any atom is 0.261 e. The average molecular weight is 430 g/mol. The smallest absolute Gasteiger partial charge is 0.261 e. The molecule has 106 valence electrons. The van der Waals surface area contributed by atoms with E-state index >= 15 is 0 Å². The maximum atomic E-state index is 9.92. The van der Waals surface area contributed by atoms with Crippen molar-refractivity contribution in [3.05, 3.63) is 50.4 Å². The van der Waals surface area contributed by atoms with Crippen LogP contribution in [0.3, 0.4) is 0 Å². The summed E-state index contributed by atoms with van der Waals surface area (Å²) in [5, 5.41) is 14.5. The highest BCUT2D eigenvalue weighted by molar-refractivity contribution is 9.10. The third-order valence-electron chi connectivity index (χ3n) is 2.79. The Morgan fingerprint density at radius 3 is 2.62 bits per heavy atom. The Labute approximate surface area is 142 Å². The van der Waals surface area contributed by atoms with Crippen molar-refractivity contribution >= 4 is 43.5 Å². The van der Waals surface area contributed by atoms with Crippen LogP contribution in [0.25, 0.3) is 22.8 Å². The molecule has 0 atom stereocenters. The van der Waals surface area contributed by atoms with Gasteiger partial charge in [-0.05, 0) is 52.3 Å². The largest absolute Gasteiger partial charge is 0.507 e. The van der Waals surface area contributed by atoms with Gasteiger partial charge in [-0.15, -0.1) is 0 Å². The summed E-state index contributed by atoms with van der Waals surface area (Å²) in [5.41, 5.74) is 1.24. The molecule has 0 aliphatic rings. The van der Waals surface area contributed by atoms with Gasteiger partial charge in [-0.3, -0.25) is 0 Å². The molecule has 0 fully saturated rings. The van der Waals surface area contributed by atoms with Crippen LogP contribution in [0.15, 0.2) is 49.9 Å². The van der Waals surface area contributed by atoms with Crippen molar-refractivity contribution in [2.45, 2.75) is 0 Å². The van der Waals surface area contributed by atoms with E-state index in [4.69, 9.17) is 16.1 Å². The molecule has 7 heteroatoms. The zero-order valence-corrected chi connectivity index (χ0v) is 14.3. The molecule has 1 N–H and O–H groups in total. The van der Waals surface area contributed by atoms with Crippen LogP contribution in [0.1, 0.15) is 0 Å². The molecule has 0 saturated heterocycles. The van der Waals surface area contributed by atoms with Crippen LogP contribution in [0.4, 0.5) is 0 Å². The molecule has 2 aromatic carbocycles. The first-order valence-electron chi connectivity index (χ1n) is 5.82. The number of halogens is 3. The van der Waals surface area contributed by atoms with E-state index in [2.05, 4.69) is 42.0 Å².